The zero-order chi connectivity index (χ0) is 16.7. The third-order valence-corrected chi connectivity index (χ3v) is 2.88. The first-order valence-electron chi connectivity index (χ1n) is 6.40. The zero-order valence-electron chi connectivity index (χ0n) is 11.9. The normalized spacial score (nSPS) is 11.5. The van der Waals surface area contributed by atoms with Gasteiger partial charge >= 0.3 is 11.9 Å². The van der Waals surface area contributed by atoms with Crippen molar-refractivity contribution in [3.63, 3.8) is 0 Å². The van der Waals surface area contributed by atoms with Gasteiger partial charge in [-0.15, -0.1) is 0 Å². The van der Waals surface area contributed by atoms with E-state index in [1.54, 1.807) is 6.92 Å². The van der Waals surface area contributed by atoms with Gasteiger partial charge in [0.25, 0.3) is 11.9 Å². The highest BCUT2D eigenvalue weighted by Crippen LogP contribution is 2.28. The van der Waals surface area contributed by atoms with Crippen LogP contribution in [-0.2, 0) is 23.9 Å². The summed E-state index contributed by atoms with van der Waals surface area (Å²) in [5.74, 6) is -3.36. The van der Waals surface area contributed by atoms with Crippen molar-refractivity contribution < 1.29 is 28.6 Å². The fraction of sp³-hybridized carbons (Fsp3) is 0.357. The van der Waals surface area contributed by atoms with Crippen LogP contribution in [0.3, 0.4) is 0 Å². The zero-order valence-corrected chi connectivity index (χ0v) is 13.4. The molecule has 0 N–H and O–H groups in total. The lowest BCUT2D eigenvalue weighted by molar-refractivity contribution is -0.164. The minimum atomic E-state index is -1.79. The summed E-state index contributed by atoms with van der Waals surface area (Å²) in [5, 5.41) is 0.431. The number of carbonyl (C=O) groups is 3. The molecule has 0 amide bonds. The Hall–Kier alpha value is -1.79. The number of Topliss-reactive ketones (excluding diaryl/α,β-unsaturated/α-hetero) is 1. The van der Waals surface area contributed by atoms with Crippen LogP contribution in [0.5, 0.6) is 5.75 Å². The monoisotopic (exact) mass is 348 g/mol. The lowest BCUT2D eigenvalue weighted by Gasteiger charge is -2.16. The molecule has 0 aliphatic rings. The first kappa shape index (κ1) is 18.3. The van der Waals surface area contributed by atoms with E-state index in [2.05, 4.69) is 4.74 Å². The number of ketones is 1. The molecular formula is C14H14Cl2O6. The van der Waals surface area contributed by atoms with Crippen molar-refractivity contribution >= 4 is 40.9 Å². The maximum Gasteiger partial charge on any atom is 0.379 e. The molecule has 0 spiro atoms. The molecule has 0 aromatic heterocycles. The van der Waals surface area contributed by atoms with Crippen LogP contribution in [0.15, 0.2) is 18.2 Å². The number of rotatable bonds is 7. The molecule has 0 saturated heterocycles. The topological polar surface area (TPSA) is 78.9 Å². The van der Waals surface area contributed by atoms with Crippen molar-refractivity contribution in [3.05, 3.63) is 28.2 Å². The van der Waals surface area contributed by atoms with E-state index in [0.717, 1.165) is 0 Å². The van der Waals surface area contributed by atoms with Gasteiger partial charge in [0.1, 0.15) is 5.75 Å². The highest BCUT2D eigenvalue weighted by Gasteiger charge is 2.36. The Balaban J connectivity index is 3.02. The molecule has 1 aromatic carbocycles. The number of hydrogen-bond donors (Lipinski definition) is 0. The fourth-order valence-electron chi connectivity index (χ4n) is 1.43. The summed E-state index contributed by atoms with van der Waals surface area (Å²) in [4.78, 5) is 35.3. The van der Waals surface area contributed by atoms with Crippen LogP contribution in [0.2, 0.25) is 10.0 Å². The van der Waals surface area contributed by atoms with Crippen LogP contribution >= 0.6 is 23.2 Å². The number of benzene rings is 1. The van der Waals surface area contributed by atoms with Crippen LogP contribution in [0, 0.1) is 0 Å². The predicted octanol–water partition coefficient (Wildman–Crippen LogP) is 2.44. The minimum Gasteiger partial charge on any atom is -0.469 e. The lowest BCUT2D eigenvalue weighted by atomic mass is 10.2. The third kappa shape index (κ3) is 4.89. The largest absolute Gasteiger partial charge is 0.469 e. The Morgan fingerprint density at radius 3 is 2.27 bits per heavy atom. The Morgan fingerprint density at radius 2 is 1.73 bits per heavy atom. The second-order valence-electron chi connectivity index (χ2n) is 3.91. The molecule has 0 aliphatic carbocycles. The lowest BCUT2D eigenvalue weighted by Crippen LogP contribution is -2.42. The SMILES string of the molecule is CCOC(=O)C(=O)C(Oc1ccc(Cl)cc1Cl)C(=O)OCC. The van der Waals surface area contributed by atoms with Crippen molar-refractivity contribution in [2.75, 3.05) is 13.2 Å². The summed E-state index contributed by atoms with van der Waals surface area (Å²) in [5.41, 5.74) is 0. The van der Waals surface area contributed by atoms with E-state index in [4.69, 9.17) is 32.7 Å². The van der Waals surface area contributed by atoms with E-state index in [1.165, 1.54) is 25.1 Å². The molecule has 0 aliphatic heterocycles. The molecule has 0 radical (unpaired) electrons. The molecule has 120 valence electrons. The fourth-order valence-corrected chi connectivity index (χ4v) is 1.89. The maximum atomic E-state index is 12.0. The molecule has 0 saturated carbocycles. The summed E-state index contributed by atoms with van der Waals surface area (Å²) in [6, 6.07) is 4.20. The van der Waals surface area contributed by atoms with Gasteiger partial charge < -0.3 is 14.2 Å². The average molecular weight is 349 g/mol. The van der Waals surface area contributed by atoms with Crippen LogP contribution in [-0.4, -0.2) is 37.0 Å². The van der Waals surface area contributed by atoms with Gasteiger partial charge in [-0.25, -0.2) is 9.59 Å². The van der Waals surface area contributed by atoms with Gasteiger partial charge in [0.15, 0.2) is 0 Å². The second-order valence-corrected chi connectivity index (χ2v) is 4.75. The highest BCUT2D eigenvalue weighted by molar-refractivity contribution is 6.39. The Bertz CT molecular complexity index is 572. The first-order valence-corrected chi connectivity index (χ1v) is 7.15. The first-order chi connectivity index (χ1) is 10.4. The molecule has 6 nitrogen and oxygen atoms in total. The summed E-state index contributed by atoms with van der Waals surface area (Å²) < 4.78 is 14.5. The van der Waals surface area contributed by atoms with Gasteiger partial charge in [-0.05, 0) is 32.0 Å². The quantitative estimate of drug-likeness (QED) is 0.427. The average Bonchev–Trinajstić information content (AvgIpc) is 2.46. The standard InChI is InChI=1S/C14H14Cl2O6/c1-3-20-13(18)11(17)12(14(19)21-4-2)22-10-6-5-8(15)7-9(10)16/h5-7,12H,3-4H2,1-2H3. The van der Waals surface area contributed by atoms with Gasteiger partial charge in [-0.3, -0.25) is 4.79 Å². The van der Waals surface area contributed by atoms with Crippen LogP contribution in [0.1, 0.15) is 13.8 Å². The van der Waals surface area contributed by atoms with Crippen molar-refractivity contribution in [3.8, 4) is 5.75 Å². The van der Waals surface area contributed by atoms with Crippen molar-refractivity contribution in [1.82, 2.24) is 0 Å². The molecule has 1 unspecified atom stereocenters. The molecule has 1 atom stereocenters. The van der Waals surface area contributed by atoms with Crippen LogP contribution in [0.4, 0.5) is 0 Å². The highest BCUT2D eigenvalue weighted by atomic mass is 35.5. The number of carbonyl (C=O) groups excluding carboxylic acids is 3. The van der Waals surface area contributed by atoms with E-state index >= 15 is 0 Å². The Morgan fingerprint density at radius 1 is 1.09 bits per heavy atom. The summed E-state index contributed by atoms with van der Waals surface area (Å²) in [7, 11) is 0. The number of ether oxygens (including phenoxy) is 3. The van der Waals surface area contributed by atoms with Crippen molar-refractivity contribution in [2.45, 2.75) is 20.0 Å². The molecule has 0 heterocycles. The molecule has 1 rings (SSSR count). The summed E-state index contributed by atoms with van der Waals surface area (Å²) >= 11 is 11.7. The maximum absolute atomic E-state index is 12.0. The minimum absolute atomic E-state index is 0.0121. The van der Waals surface area contributed by atoms with E-state index < -0.39 is 23.8 Å². The van der Waals surface area contributed by atoms with Crippen molar-refractivity contribution in [2.24, 2.45) is 0 Å². The molecule has 22 heavy (non-hydrogen) atoms. The molecule has 1 aromatic rings. The van der Waals surface area contributed by atoms with Gasteiger partial charge in [0.05, 0.1) is 18.2 Å². The molecular weight excluding hydrogens is 335 g/mol. The Kier molecular flexibility index (Phi) is 7.14. The van der Waals surface area contributed by atoms with Gasteiger partial charge in [0, 0.05) is 5.02 Å². The second kappa shape index (κ2) is 8.60. The third-order valence-electron chi connectivity index (χ3n) is 2.35. The van der Waals surface area contributed by atoms with E-state index in [9.17, 15) is 14.4 Å². The van der Waals surface area contributed by atoms with E-state index in [1.807, 2.05) is 0 Å². The molecule has 8 heteroatoms. The number of hydrogen-bond acceptors (Lipinski definition) is 6. The van der Waals surface area contributed by atoms with E-state index in [0.29, 0.717) is 5.02 Å². The number of esters is 2. The summed E-state index contributed by atoms with van der Waals surface area (Å²) in [6.07, 6.45) is -1.79. The number of halogens is 2. The van der Waals surface area contributed by atoms with Crippen molar-refractivity contribution in [1.29, 1.82) is 0 Å². The molecule has 0 bridgehead atoms. The van der Waals surface area contributed by atoms with Crippen LogP contribution in [0.25, 0.3) is 0 Å². The van der Waals surface area contributed by atoms with Gasteiger partial charge in [0.2, 0.25) is 0 Å². The Labute approximate surface area is 137 Å². The molecule has 0 fully saturated rings. The van der Waals surface area contributed by atoms with E-state index in [-0.39, 0.29) is 24.0 Å². The van der Waals surface area contributed by atoms with Gasteiger partial charge in [-0.1, -0.05) is 23.2 Å². The van der Waals surface area contributed by atoms with Crippen LogP contribution < -0.4 is 4.74 Å². The predicted molar refractivity (Wildman–Crippen MR) is 79.2 cm³/mol. The smallest absolute Gasteiger partial charge is 0.379 e. The van der Waals surface area contributed by atoms with Gasteiger partial charge in [-0.2, -0.15) is 0 Å². The summed E-state index contributed by atoms with van der Waals surface area (Å²) in [6.45, 7) is 3.09.